The lowest BCUT2D eigenvalue weighted by Crippen LogP contribution is -2.47. The summed E-state index contributed by atoms with van der Waals surface area (Å²) in [6.07, 6.45) is -5.32. The molecule has 2 aromatic rings. The van der Waals surface area contributed by atoms with E-state index in [1.165, 1.54) is 0 Å². The van der Waals surface area contributed by atoms with Gasteiger partial charge in [0.2, 0.25) is 5.91 Å². The van der Waals surface area contributed by atoms with Gasteiger partial charge in [-0.25, -0.2) is 18.4 Å². The fraction of sp³-hybridized carbons (Fsp3) is 0.348. The Morgan fingerprint density at radius 3 is 2.06 bits per heavy atom. The number of benzene rings is 2. The van der Waals surface area contributed by atoms with Gasteiger partial charge in [-0.15, -0.1) is 0 Å². The number of carbonyl (C=O) groups excluding carboxylic acids is 2. The van der Waals surface area contributed by atoms with Gasteiger partial charge < -0.3 is 25.6 Å². The number of amides is 2. The van der Waals surface area contributed by atoms with Gasteiger partial charge in [0, 0.05) is 18.9 Å². The Morgan fingerprint density at radius 1 is 0.970 bits per heavy atom. The monoisotopic (exact) mass is 462 g/mol. The van der Waals surface area contributed by atoms with E-state index in [4.69, 9.17) is 14.9 Å². The van der Waals surface area contributed by atoms with Crippen LogP contribution in [0.25, 0.3) is 11.1 Å². The minimum Gasteiger partial charge on any atom is -0.480 e. The van der Waals surface area contributed by atoms with Crippen molar-refractivity contribution in [3.63, 3.8) is 0 Å². The summed E-state index contributed by atoms with van der Waals surface area (Å²) in [5.74, 6) is -2.66. The van der Waals surface area contributed by atoms with Crippen LogP contribution in [-0.4, -0.2) is 59.9 Å². The first-order chi connectivity index (χ1) is 15.8. The summed E-state index contributed by atoms with van der Waals surface area (Å²) < 4.78 is 32.0. The summed E-state index contributed by atoms with van der Waals surface area (Å²) >= 11 is 0. The predicted octanol–water partition coefficient (Wildman–Crippen LogP) is 2.50. The van der Waals surface area contributed by atoms with Crippen LogP contribution >= 0.6 is 0 Å². The van der Waals surface area contributed by atoms with E-state index in [2.05, 4.69) is 5.32 Å². The van der Waals surface area contributed by atoms with Crippen LogP contribution in [0.3, 0.4) is 0 Å². The molecule has 4 N–H and O–H groups in total. The van der Waals surface area contributed by atoms with Crippen LogP contribution in [0.5, 0.6) is 0 Å². The SMILES string of the molecule is O=C(CC(NC(=O)OCC1c2ccccc2-c2ccccc21)C(F)F)NC(CCO)C(=O)O. The summed E-state index contributed by atoms with van der Waals surface area (Å²) in [7, 11) is 0. The molecular weight excluding hydrogens is 438 g/mol. The molecule has 0 aromatic heterocycles. The Morgan fingerprint density at radius 2 is 1.55 bits per heavy atom. The quantitative estimate of drug-likeness (QED) is 0.430. The molecule has 0 saturated carbocycles. The molecule has 1 aliphatic carbocycles. The smallest absolute Gasteiger partial charge is 0.407 e. The van der Waals surface area contributed by atoms with Crippen LogP contribution < -0.4 is 10.6 Å². The van der Waals surface area contributed by atoms with E-state index in [9.17, 15) is 23.2 Å². The third-order valence-corrected chi connectivity index (χ3v) is 5.41. The van der Waals surface area contributed by atoms with Gasteiger partial charge in [-0.1, -0.05) is 48.5 Å². The Hall–Kier alpha value is -3.53. The molecule has 2 unspecified atom stereocenters. The second-order valence-corrected chi connectivity index (χ2v) is 7.59. The first-order valence-corrected chi connectivity index (χ1v) is 10.3. The van der Waals surface area contributed by atoms with E-state index < -0.39 is 49.5 Å². The molecule has 2 aromatic carbocycles. The van der Waals surface area contributed by atoms with E-state index in [0.29, 0.717) is 0 Å². The Balaban J connectivity index is 1.60. The van der Waals surface area contributed by atoms with Gasteiger partial charge >= 0.3 is 12.1 Å². The number of ether oxygens (including phenoxy) is 1. The average Bonchev–Trinajstić information content (AvgIpc) is 3.10. The number of halogens is 2. The van der Waals surface area contributed by atoms with Crippen molar-refractivity contribution in [2.75, 3.05) is 13.2 Å². The maximum atomic E-state index is 13.4. The van der Waals surface area contributed by atoms with Crippen molar-refractivity contribution in [3.8, 4) is 11.1 Å². The largest absolute Gasteiger partial charge is 0.480 e. The van der Waals surface area contributed by atoms with Crippen molar-refractivity contribution in [3.05, 3.63) is 59.7 Å². The lowest BCUT2D eigenvalue weighted by Gasteiger charge is -2.20. The zero-order chi connectivity index (χ0) is 24.0. The van der Waals surface area contributed by atoms with E-state index in [-0.39, 0.29) is 18.9 Å². The zero-order valence-electron chi connectivity index (χ0n) is 17.5. The second kappa shape index (κ2) is 10.9. The van der Waals surface area contributed by atoms with Crippen molar-refractivity contribution in [2.45, 2.75) is 37.3 Å². The molecule has 0 heterocycles. The van der Waals surface area contributed by atoms with Crippen LogP contribution in [0.1, 0.15) is 29.9 Å². The number of rotatable bonds is 10. The maximum absolute atomic E-state index is 13.4. The molecule has 2 amide bonds. The highest BCUT2D eigenvalue weighted by atomic mass is 19.3. The molecule has 8 nitrogen and oxygen atoms in total. The molecule has 2 atom stereocenters. The van der Waals surface area contributed by atoms with Crippen molar-refractivity contribution in [2.24, 2.45) is 0 Å². The first-order valence-electron chi connectivity index (χ1n) is 10.3. The van der Waals surface area contributed by atoms with E-state index in [1.54, 1.807) is 0 Å². The number of aliphatic hydroxyl groups is 1. The van der Waals surface area contributed by atoms with Crippen molar-refractivity contribution in [1.29, 1.82) is 0 Å². The zero-order valence-corrected chi connectivity index (χ0v) is 17.5. The third kappa shape index (κ3) is 5.83. The van der Waals surface area contributed by atoms with Gasteiger partial charge in [0.15, 0.2) is 0 Å². The second-order valence-electron chi connectivity index (χ2n) is 7.59. The number of fused-ring (bicyclic) bond motifs is 3. The first kappa shape index (κ1) is 24.1. The van der Waals surface area contributed by atoms with Crippen molar-refractivity contribution in [1.82, 2.24) is 10.6 Å². The topological polar surface area (TPSA) is 125 Å². The standard InChI is InChI=1S/C23H24F2N2O6/c24-21(25)19(11-20(29)26-18(9-10-28)22(30)31)27-23(32)33-12-17-15-7-3-1-5-13(15)14-6-2-4-8-16(14)17/h1-8,17-19,21,28H,9-12H2,(H,26,29)(H,27,32)(H,30,31). The molecule has 0 aliphatic heterocycles. The summed E-state index contributed by atoms with van der Waals surface area (Å²) in [5.41, 5.74) is 3.94. The summed E-state index contributed by atoms with van der Waals surface area (Å²) in [4.78, 5) is 35.3. The van der Waals surface area contributed by atoms with E-state index in [0.717, 1.165) is 22.3 Å². The molecule has 10 heteroatoms. The number of alkyl halides is 2. The lowest BCUT2D eigenvalue weighted by molar-refractivity contribution is -0.142. The van der Waals surface area contributed by atoms with Crippen LogP contribution in [0.15, 0.2) is 48.5 Å². The fourth-order valence-electron chi connectivity index (χ4n) is 3.83. The average molecular weight is 462 g/mol. The van der Waals surface area contributed by atoms with Crippen LogP contribution in [0.2, 0.25) is 0 Å². The number of hydrogen-bond acceptors (Lipinski definition) is 5. The Kier molecular flexibility index (Phi) is 7.94. The number of hydrogen-bond donors (Lipinski definition) is 4. The summed E-state index contributed by atoms with van der Waals surface area (Å²) in [5, 5.41) is 21.9. The third-order valence-electron chi connectivity index (χ3n) is 5.41. The van der Waals surface area contributed by atoms with Gasteiger partial charge in [-0.05, 0) is 22.3 Å². The number of aliphatic hydroxyl groups excluding tert-OH is 1. The highest BCUT2D eigenvalue weighted by Crippen LogP contribution is 2.44. The van der Waals surface area contributed by atoms with Gasteiger partial charge in [-0.2, -0.15) is 0 Å². The summed E-state index contributed by atoms with van der Waals surface area (Å²) in [6.45, 7) is -0.590. The number of carboxylic acid groups (broad SMARTS) is 1. The Labute approximate surface area is 188 Å². The predicted molar refractivity (Wildman–Crippen MR) is 114 cm³/mol. The minimum atomic E-state index is -3.09. The lowest BCUT2D eigenvalue weighted by atomic mass is 9.98. The molecule has 33 heavy (non-hydrogen) atoms. The molecule has 0 spiro atoms. The highest BCUT2D eigenvalue weighted by molar-refractivity contribution is 5.84. The molecule has 3 rings (SSSR count). The van der Waals surface area contributed by atoms with Crippen molar-refractivity contribution < 1.29 is 38.1 Å². The van der Waals surface area contributed by atoms with Crippen LogP contribution in [-0.2, 0) is 14.3 Å². The van der Waals surface area contributed by atoms with Crippen LogP contribution in [0, 0.1) is 0 Å². The number of alkyl carbamates (subject to hydrolysis) is 1. The highest BCUT2D eigenvalue weighted by Gasteiger charge is 2.31. The van der Waals surface area contributed by atoms with Crippen molar-refractivity contribution >= 4 is 18.0 Å². The Bertz CT molecular complexity index is 970. The molecule has 176 valence electrons. The fourth-order valence-corrected chi connectivity index (χ4v) is 3.83. The number of nitrogens with one attached hydrogen (secondary N) is 2. The molecule has 0 fully saturated rings. The molecule has 0 bridgehead atoms. The van der Waals surface area contributed by atoms with Gasteiger partial charge in [0.25, 0.3) is 6.43 Å². The number of carboxylic acids is 1. The summed E-state index contributed by atoms with van der Waals surface area (Å²) in [6, 6.07) is 12.0. The van der Waals surface area contributed by atoms with Gasteiger partial charge in [0.05, 0.1) is 6.42 Å². The number of carbonyl (C=O) groups is 3. The molecule has 1 aliphatic rings. The normalized spacial score (nSPS) is 14.2. The van der Waals surface area contributed by atoms with Crippen LogP contribution in [0.4, 0.5) is 13.6 Å². The number of aliphatic carboxylic acids is 1. The van der Waals surface area contributed by atoms with Gasteiger partial charge in [-0.3, -0.25) is 4.79 Å². The minimum absolute atomic E-state index is 0.0837. The molecule has 0 radical (unpaired) electrons. The van der Waals surface area contributed by atoms with Gasteiger partial charge in [0.1, 0.15) is 18.7 Å². The van der Waals surface area contributed by atoms with E-state index >= 15 is 0 Å². The maximum Gasteiger partial charge on any atom is 0.407 e. The molecular formula is C23H24F2N2O6. The molecule has 0 saturated heterocycles. The van der Waals surface area contributed by atoms with E-state index in [1.807, 2.05) is 53.8 Å².